The summed E-state index contributed by atoms with van der Waals surface area (Å²) in [4.78, 5) is 38.6. The zero-order valence-electron chi connectivity index (χ0n) is 22.1. The van der Waals surface area contributed by atoms with Gasteiger partial charge in [-0.15, -0.1) is 11.3 Å². The molecule has 0 spiro atoms. The van der Waals surface area contributed by atoms with Crippen LogP contribution in [-0.4, -0.2) is 37.2 Å². The van der Waals surface area contributed by atoms with E-state index in [2.05, 4.69) is 15.8 Å². The van der Waals surface area contributed by atoms with E-state index in [1.54, 1.807) is 50.2 Å². The molecule has 9 nitrogen and oxygen atoms in total. The Morgan fingerprint density at radius 3 is 2.50 bits per heavy atom. The molecule has 1 aliphatic carbocycles. The average Bonchev–Trinajstić information content (AvgIpc) is 3.52. The van der Waals surface area contributed by atoms with Gasteiger partial charge in [0.15, 0.2) is 11.5 Å². The van der Waals surface area contributed by atoms with Crippen molar-refractivity contribution in [1.82, 2.24) is 5.43 Å². The molecule has 0 radical (unpaired) electrons. The fourth-order valence-electron chi connectivity index (χ4n) is 4.15. The van der Waals surface area contributed by atoms with Crippen LogP contribution in [0.4, 0.5) is 5.00 Å². The minimum absolute atomic E-state index is 0.136. The lowest BCUT2D eigenvalue weighted by Crippen LogP contribution is -2.33. The van der Waals surface area contributed by atoms with Gasteiger partial charge in [0, 0.05) is 26.0 Å². The maximum atomic E-state index is 12.6. The maximum absolute atomic E-state index is 12.6. The second kappa shape index (κ2) is 13.2. The topological polar surface area (TPSA) is 115 Å². The van der Waals surface area contributed by atoms with Crippen molar-refractivity contribution in [3.05, 3.63) is 73.6 Å². The molecule has 2 amide bonds. The van der Waals surface area contributed by atoms with E-state index < -0.39 is 17.8 Å². The number of esters is 1. The molecule has 1 aliphatic rings. The van der Waals surface area contributed by atoms with E-state index in [0.717, 1.165) is 29.7 Å². The van der Waals surface area contributed by atoms with E-state index >= 15 is 0 Å². The van der Waals surface area contributed by atoms with Gasteiger partial charge in [-0.25, -0.2) is 10.2 Å². The number of anilines is 1. The van der Waals surface area contributed by atoms with Crippen LogP contribution in [0.5, 0.6) is 11.5 Å². The third kappa shape index (κ3) is 6.57. The number of ether oxygens (including phenoxy) is 3. The van der Waals surface area contributed by atoms with Gasteiger partial charge in [-0.3, -0.25) is 9.59 Å². The molecule has 1 aromatic heterocycles. The Kier molecular flexibility index (Phi) is 9.67. The van der Waals surface area contributed by atoms with Crippen LogP contribution in [0.25, 0.3) is 0 Å². The van der Waals surface area contributed by atoms with Crippen LogP contribution in [0, 0.1) is 0 Å². The minimum atomic E-state index is -0.980. The Labute approximate surface area is 245 Å². The number of hydrogen-bond acceptors (Lipinski definition) is 8. The number of aryl methyl sites for hydroxylation is 1. The van der Waals surface area contributed by atoms with Gasteiger partial charge >= 0.3 is 17.8 Å². The molecule has 0 saturated carbocycles. The molecule has 0 saturated heterocycles. The normalized spacial score (nSPS) is 12.5. The Morgan fingerprint density at radius 2 is 1.80 bits per heavy atom. The number of nitrogens with zero attached hydrogens (tertiary/aromatic N) is 1. The van der Waals surface area contributed by atoms with Crippen LogP contribution in [0.15, 0.2) is 41.5 Å². The number of thiophene rings is 1. The van der Waals surface area contributed by atoms with E-state index in [1.807, 2.05) is 0 Å². The first-order chi connectivity index (χ1) is 19.2. The largest absolute Gasteiger partial charge is 0.493 e. The van der Waals surface area contributed by atoms with Crippen molar-refractivity contribution in [2.24, 2.45) is 5.10 Å². The van der Waals surface area contributed by atoms with Crippen LogP contribution in [0.3, 0.4) is 0 Å². The Hall–Kier alpha value is -3.60. The van der Waals surface area contributed by atoms with Crippen molar-refractivity contribution >= 4 is 63.0 Å². The number of hydrazone groups is 1. The summed E-state index contributed by atoms with van der Waals surface area (Å²) in [7, 11) is 1.50. The Morgan fingerprint density at radius 1 is 1.05 bits per heavy atom. The van der Waals surface area contributed by atoms with Crippen molar-refractivity contribution in [2.45, 2.75) is 39.7 Å². The molecule has 0 unspecified atom stereocenters. The van der Waals surface area contributed by atoms with Crippen molar-refractivity contribution < 1.29 is 28.6 Å². The monoisotopic (exact) mass is 603 g/mol. The van der Waals surface area contributed by atoms with E-state index in [4.69, 9.17) is 37.4 Å². The first-order valence-electron chi connectivity index (χ1n) is 12.4. The molecule has 0 fully saturated rings. The third-order valence-corrected chi connectivity index (χ3v) is 8.09. The first kappa shape index (κ1) is 29.4. The van der Waals surface area contributed by atoms with Gasteiger partial charge in [0.25, 0.3) is 0 Å². The average molecular weight is 605 g/mol. The van der Waals surface area contributed by atoms with Crippen molar-refractivity contribution in [3.8, 4) is 11.5 Å². The lowest BCUT2D eigenvalue weighted by molar-refractivity contribution is -0.136. The summed E-state index contributed by atoms with van der Waals surface area (Å²) in [5.41, 5.74) is 5.16. The summed E-state index contributed by atoms with van der Waals surface area (Å²) >= 11 is 13.7. The van der Waals surface area contributed by atoms with Gasteiger partial charge in [0.2, 0.25) is 0 Å². The van der Waals surface area contributed by atoms with Crippen molar-refractivity contribution in [1.29, 1.82) is 0 Å². The third-order valence-electron chi connectivity index (χ3n) is 6.17. The molecular formula is C28H27Cl2N3O6S. The molecule has 1 heterocycles. The number of halogens is 2. The van der Waals surface area contributed by atoms with Gasteiger partial charge < -0.3 is 19.5 Å². The number of rotatable bonds is 9. The van der Waals surface area contributed by atoms with Gasteiger partial charge in [-0.1, -0.05) is 29.3 Å². The second-order valence-electron chi connectivity index (χ2n) is 8.73. The van der Waals surface area contributed by atoms with Gasteiger partial charge in [-0.2, -0.15) is 5.10 Å². The van der Waals surface area contributed by atoms with E-state index in [9.17, 15) is 14.4 Å². The van der Waals surface area contributed by atoms with Crippen LogP contribution in [0.1, 0.15) is 52.2 Å². The zero-order chi connectivity index (χ0) is 28.8. The molecule has 2 N–H and O–H groups in total. The molecule has 4 rings (SSSR count). The Bertz CT molecular complexity index is 1470. The van der Waals surface area contributed by atoms with E-state index in [0.29, 0.717) is 48.9 Å². The number of hydrogen-bond donors (Lipinski definition) is 2. The lowest BCUT2D eigenvalue weighted by atomic mass is 10.1. The SMILES string of the molecule is CCOC(=O)c1c(NC(=O)C(=O)NN=C(C)c2ccc(OCc3c(Cl)cccc3Cl)c(OC)c2)sc2c1CCC2. The van der Waals surface area contributed by atoms with Crippen LogP contribution < -0.4 is 20.2 Å². The molecule has 210 valence electrons. The van der Waals surface area contributed by atoms with E-state index in [1.165, 1.54) is 18.4 Å². The highest BCUT2D eigenvalue weighted by atomic mass is 35.5. The second-order valence-corrected chi connectivity index (χ2v) is 10.6. The Balaban J connectivity index is 1.41. The minimum Gasteiger partial charge on any atom is -0.493 e. The van der Waals surface area contributed by atoms with Gasteiger partial charge in [-0.05, 0) is 69.0 Å². The highest BCUT2D eigenvalue weighted by Gasteiger charge is 2.29. The van der Waals surface area contributed by atoms with Crippen molar-refractivity contribution in [2.75, 3.05) is 19.0 Å². The maximum Gasteiger partial charge on any atom is 0.341 e. The summed E-state index contributed by atoms with van der Waals surface area (Å²) < 4.78 is 16.5. The van der Waals surface area contributed by atoms with Crippen molar-refractivity contribution in [3.63, 3.8) is 0 Å². The number of carbonyl (C=O) groups is 3. The van der Waals surface area contributed by atoms with Gasteiger partial charge in [0.1, 0.15) is 11.6 Å². The van der Waals surface area contributed by atoms with E-state index in [-0.39, 0.29) is 13.2 Å². The molecular weight excluding hydrogens is 577 g/mol. The molecule has 0 atom stereocenters. The number of fused-ring (bicyclic) bond motifs is 1. The quantitative estimate of drug-likeness (QED) is 0.138. The predicted octanol–water partition coefficient (Wildman–Crippen LogP) is 5.79. The summed E-state index contributed by atoms with van der Waals surface area (Å²) in [6.45, 7) is 3.72. The first-order valence-corrected chi connectivity index (χ1v) is 14.0. The zero-order valence-corrected chi connectivity index (χ0v) is 24.4. The molecule has 0 bridgehead atoms. The highest BCUT2D eigenvalue weighted by Crippen LogP contribution is 2.39. The molecule has 40 heavy (non-hydrogen) atoms. The summed E-state index contributed by atoms with van der Waals surface area (Å²) in [6.07, 6.45) is 2.48. The molecule has 2 aromatic carbocycles. The fraction of sp³-hybridized carbons (Fsp3) is 0.286. The van der Waals surface area contributed by atoms with Crippen LogP contribution in [-0.2, 0) is 33.8 Å². The van der Waals surface area contributed by atoms with Crippen LogP contribution >= 0.6 is 34.5 Å². The summed E-state index contributed by atoms with van der Waals surface area (Å²) in [5, 5.41) is 7.89. The number of carbonyl (C=O) groups excluding carboxylic acids is 3. The fourth-order valence-corrected chi connectivity index (χ4v) is 5.93. The number of amides is 2. The molecule has 0 aliphatic heterocycles. The summed E-state index contributed by atoms with van der Waals surface area (Å²) in [6, 6.07) is 10.3. The number of nitrogens with one attached hydrogen (secondary N) is 2. The highest BCUT2D eigenvalue weighted by molar-refractivity contribution is 7.17. The standard InChI is InChI=1S/C28H27Cl2N3O6S/c1-4-38-28(36)24-17-7-5-10-23(17)40-27(24)31-25(34)26(35)33-32-15(2)16-11-12-21(22(13-16)37-3)39-14-18-19(29)8-6-9-20(18)30/h6,8-9,11-13H,4-5,7,10,14H2,1-3H3,(H,31,34)(H,33,35). The smallest absolute Gasteiger partial charge is 0.341 e. The van der Waals surface area contributed by atoms with Crippen LogP contribution in [0.2, 0.25) is 10.0 Å². The lowest BCUT2D eigenvalue weighted by Gasteiger charge is -2.13. The molecule has 3 aromatic rings. The number of methoxy groups -OCH3 is 1. The number of benzene rings is 2. The molecule has 12 heteroatoms. The van der Waals surface area contributed by atoms with Gasteiger partial charge in [0.05, 0.1) is 25.0 Å². The summed E-state index contributed by atoms with van der Waals surface area (Å²) in [5.74, 6) is -1.55. The predicted molar refractivity (Wildman–Crippen MR) is 155 cm³/mol.